The fraction of sp³-hybridized carbons (Fsp3) is 0.158. The number of non-ortho nitro benzene ring substituents is 1. The van der Waals surface area contributed by atoms with Crippen molar-refractivity contribution in [3.05, 3.63) is 81.3 Å². The lowest BCUT2D eigenvalue weighted by atomic mass is 10.1. The maximum Gasteiger partial charge on any atom is 0.337 e. The number of anilines is 1. The molecule has 29 heavy (non-hydrogen) atoms. The lowest BCUT2D eigenvalue weighted by molar-refractivity contribution is -0.384. The van der Waals surface area contributed by atoms with E-state index in [-0.39, 0.29) is 22.6 Å². The van der Waals surface area contributed by atoms with Crippen molar-refractivity contribution in [3.63, 3.8) is 0 Å². The molecule has 150 valence electrons. The number of amides is 1. The second kappa shape index (κ2) is 7.84. The van der Waals surface area contributed by atoms with E-state index in [1.54, 1.807) is 0 Å². The number of esters is 1. The van der Waals surface area contributed by atoms with Crippen LogP contribution in [0.15, 0.2) is 60.0 Å². The zero-order valence-electron chi connectivity index (χ0n) is 15.2. The summed E-state index contributed by atoms with van der Waals surface area (Å²) in [5.41, 5.74) is 0.370. The van der Waals surface area contributed by atoms with Crippen molar-refractivity contribution in [2.45, 2.75) is 6.04 Å². The predicted octanol–water partition coefficient (Wildman–Crippen LogP) is 2.34. The Balaban J connectivity index is 2.03. The molecule has 1 amide bonds. The van der Waals surface area contributed by atoms with Gasteiger partial charge in [-0.25, -0.2) is 13.2 Å². The minimum atomic E-state index is -3.47. The molecule has 0 bridgehead atoms. The highest BCUT2D eigenvalue weighted by molar-refractivity contribution is 7.94. The highest BCUT2D eigenvalue weighted by Crippen LogP contribution is 2.26. The predicted molar refractivity (Wildman–Crippen MR) is 104 cm³/mol. The summed E-state index contributed by atoms with van der Waals surface area (Å²) in [5.74, 6) is -1.48. The van der Waals surface area contributed by atoms with Gasteiger partial charge in [0.25, 0.3) is 11.6 Å². The van der Waals surface area contributed by atoms with Gasteiger partial charge in [-0.05, 0) is 36.4 Å². The number of carbonyl (C=O) groups is 2. The van der Waals surface area contributed by atoms with Crippen molar-refractivity contribution < 1.29 is 27.7 Å². The molecule has 2 aromatic carbocycles. The molecule has 1 atom stereocenters. The second-order valence-corrected chi connectivity index (χ2v) is 8.18. The summed E-state index contributed by atoms with van der Waals surface area (Å²) in [5, 5.41) is 12.1. The maximum atomic E-state index is 13.2. The lowest BCUT2D eigenvalue weighted by Gasteiger charge is -2.28. The Morgan fingerprint density at radius 3 is 2.38 bits per heavy atom. The molecule has 0 spiro atoms. The average molecular weight is 416 g/mol. The Morgan fingerprint density at radius 2 is 1.83 bits per heavy atom. The van der Waals surface area contributed by atoms with E-state index in [9.17, 15) is 28.1 Å². The van der Waals surface area contributed by atoms with E-state index >= 15 is 0 Å². The molecule has 2 aromatic rings. The van der Waals surface area contributed by atoms with Crippen molar-refractivity contribution in [2.75, 3.05) is 17.8 Å². The largest absolute Gasteiger partial charge is 0.465 e. The van der Waals surface area contributed by atoms with Crippen molar-refractivity contribution in [1.29, 1.82) is 0 Å². The van der Waals surface area contributed by atoms with Crippen LogP contribution in [0.2, 0.25) is 0 Å². The van der Waals surface area contributed by atoms with Crippen LogP contribution in [0.25, 0.3) is 0 Å². The number of hydrogen-bond acceptors (Lipinski definition) is 7. The number of nitro benzene ring substituents is 1. The van der Waals surface area contributed by atoms with Gasteiger partial charge in [0.15, 0.2) is 9.84 Å². The van der Waals surface area contributed by atoms with Crippen LogP contribution in [0.1, 0.15) is 20.7 Å². The summed E-state index contributed by atoms with van der Waals surface area (Å²) < 4.78 is 28.4. The molecule has 0 N–H and O–H groups in total. The minimum absolute atomic E-state index is 0.0361. The summed E-state index contributed by atoms with van der Waals surface area (Å²) in [6, 6.07) is 10.3. The third kappa shape index (κ3) is 4.32. The molecule has 1 aliphatic rings. The fourth-order valence-corrected chi connectivity index (χ4v) is 4.22. The summed E-state index contributed by atoms with van der Waals surface area (Å²) >= 11 is 0. The first-order valence-electron chi connectivity index (χ1n) is 8.39. The van der Waals surface area contributed by atoms with Crippen LogP contribution in [0.5, 0.6) is 0 Å². The van der Waals surface area contributed by atoms with Gasteiger partial charge in [-0.15, -0.1) is 0 Å². The summed E-state index contributed by atoms with van der Waals surface area (Å²) in [6.07, 6.45) is 1.39. The van der Waals surface area contributed by atoms with Crippen LogP contribution in [-0.4, -0.2) is 44.1 Å². The van der Waals surface area contributed by atoms with Crippen LogP contribution >= 0.6 is 0 Å². The Hall–Kier alpha value is -3.53. The van der Waals surface area contributed by atoms with Crippen molar-refractivity contribution in [1.82, 2.24) is 0 Å². The van der Waals surface area contributed by atoms with Gasteiger partial charge in [0.05, 0.1) is 29.4 Å². The molecule has 1 unspecified atom stereocenters. The first-order chi connectivity index (χ1) is 13.7. The number of benzene rings is 2. The average Bonchev–Trinajstić information content (AvgIpc) is 3.07. The van der Waals surface area contributed by atoms with Crippen LogP contribution < -0.4 is 4.90 Å². The van der Waals surface area contributed by atoms with Crippen LogP contribution in [0.4, 0.5) is 11.4 Å². The van der Waals surface area contributed by atoms with Gasteiger partial charge >= 0.3 is 5.97 Å². The number of methoxy groups -OCH3 is 1. The second-order valence-electron chi connectivity index (χ2n) is 6.25. The van der Waals surface area contributed by atoms with Gasteiger partial charge in [0, 0.05) is 28.8 Å². The molecule has 0 saturated carbocycles. The van der Waals surface area contributed by atoms with E-state index in [4.69, 9.17) is 0 Å². The minimum Gasteiger partial charge on any atom is -0.465 e. The molecule has 0 aromatic heterocycles. The highest BCUT2D eigenvalue weighted by atomic mass is 32.2. The molecule has 1 aliphatic heterocycles. The quantitative estimate of drug-likeness (QED) is 0.416. The molecule has 0 saturated heterocycles. The highest BCUT2D eigenvalue weighted by Gasteiger charge is 2.32. The van der Waals surface area contributed by atoms with E-state index in [2.05, 4.69) is 4.74 Å². The molecule has 0 aliphatic carbocycles. The lowest BCUT2D eigenvalue weighted by Crippen LogP contribution is -2.41. The van der Waals surface area contributed by atoms with Gasteiger partial charge < -0.3 is 9.64 Å². The number of rotatable bonds is 5. The van der Waals surface area contributed by atoms with Crippen molar-refractivity contribution in [3.8, 4) is 0 Å². The zero-order chi connectivity index (χ0) is 21.2. The van der Waals surface area contributed by atoms with E-state index in [0.29, 0.717) is 5.69 Å². The summed E-state index contributed by atoms with van der Waals surface area (Å²) in [4.78, 5) is 36.5. The molecule has 1 heterocycles. The first-order valence-corrected chi connectivity index (χ1v) is 10.1. The molecule has 10 heteroatoms. The number of ether oxygens (including phenoxy) is 1. The molecular weight excluding hydrogens is 400 g/mol. The van der Waals surface area contributed by atoms with Crippen LogP contribution in [0.3, 0.4) is 0 Å². The Bertz CT molecular complexity index is 1110. The molecule has 3 rings (SSSR count). The van der Waals surface area contributed by atoms with Gasteiger partial charge in [0.1, 0.15) is 0 Å². The van der Waals surface area contributed by atoms with Crippen molar-refractivity contribution in [2.24, 2.45) is 0 Å². The maximum absolute atomic E-state index is 13.2. The van der Waals surface area contributed by atoms with Gasteiger partial charge in [-0.1, -0.05) is 6.07 Å². The number of hydrogen-bond donors (Lipinski definition) is 0. The third-order valence-corrected chi connectivity index (χ3v) is 5.71. The Labute approximate surface area is 166 Å². The third-order valence-electron chi connectivity index (χ3n) is 4.33. The Morgan fingerprint density at radius 1 is 1.14 bits per heavy atom. The first kappa shape index (κ1) is 20.2. The SMILES string of the molecule is COC(=O)c1ccc(N(C(=O)c2cccc([N+](=O)[O-])c2)C2C=CS(=O)(=O)C2)cc1. The van der Waals surface area contributed by atoms with Gasteiger partial charge in [0.2, 0.25) is 0 Å². The standard InChI is InChI=1S/C19H16N2O7S/c1-28-19(23)13-5-7-15(8-6-13)20(17-9-10-29(26,27)12-17)18(22)14-3-2-4-16(11-14)21(24)25/h2-11,17H,12H2,1H3. The van der Waals surface area contributed by atoms with Gasteiger partial charge in [-0.3, -0.25) is 14.9 Å². The van der Waals surface area contributed by atoms with E-state index in [0.717, 1.165) is 11.5 Å². The van der Waals surface area contributed by atoms with Gasteiger partial charge in [-0.2, -0.15) is 0 Å². The number of nitrogens with zero attached hydrogens (tertiary/aromatic N) is 2. The molecule has 0 radical (unpaired) electrons. The fourth-order valence-electron chi connectivity index (χ4n) is 2.95. The monoisotopic (exact) mass is 416 g/mol. The number of sulfone groups is 1. The van der Waals surface area contributed by atoms with E-state index in [1.807, 2.05) is 0 Å². The molecule has 0 fully saturated rings. The van der Waals surface area contributed by atoms with E-state index < -0.39 is 32.7 Å². The zero-order valence-corrected chi connectivity index (χ0v) is 16.0. The van der Waals surface area contributed by atoms with Crippen LogP contribution in [-0.2, 0) is 14.6 Å². The van der Waals surface area contributed by atoms with Crippen LogP contribution in [0, 0.1) is 10.1 Å². The number of carbonyl (C=O) groups excluding carboxylic acids is 2. The normalized spacial score (nSPS) is 16.9. The number of nitro groups is 1. The summed E-state index contributed by atoms with van der Waals surface area (Å²) in [6.45, 7) is 0. The molecular formula is C19H16N2O7S. The summed E-state index contributed by atoms with van der Waals surface area (Å²) in [7, 11) is -2.23. The van der Waals surface area contributed by atoms with E-state index in [1.165, 1.54) is 60.6 Å². The molecule has 9 nitrogen and oxygen atoms in total. The smallest absolute Gasteiger partial charge is 0.337 e. The Kier molecular flexibility index (Phi) is 5.46. The topological polar surface area (TPSA) is 124 Å². The van der Waals surface area contributed by atoms with Crippen molar-refractivity contribution >= 4 is 33.1 Å².